The van der Waals surface area contributed by atoms with Gasteiger partial charge in [-0.1, -0.05) is 25.1 Å². The summed E-state index contributed by atoms with van der Waals surface area (Å²) in [4.78, 5) is 35.0. The van der Waals surface area contributed by atoms with Crippen molar-refractivity contribution in [3.8, 4) is 11.5 Å². The van der Waals surface area contributed by atoms with Crippen LogP contribution in [0.1, 0.15) is 48.9 Å². The molecule has 1 saturated heterocycles. The lowest BCUT2D eigenvalue weighted by Gasteiger charge is -2.45. The van der Waals surface area contributed by atoms with Gasteiger partial charge in [-0.05, 0) is 80.2 Å². The van der Waals surface area contributed by atoms with Crippen LogP contribution in [0.25, 0.3) is 10.9 Å². The normalized spacial score (nSPS) is 23.3. The van der Waals surface area contributed by atoms with Gasteiger partial charge >= 0.3 is 0 Å². The number of aromatic hydroxyl groups is 1. The number of benzene rings is 2. The molecule has 2 aliphatic rings. The lowest BCUT2D eigenvalue weighted by molar-refractivity contribution is -0.151. The van der Waals surface area contributed by atoms with Crippen molar-refractivity contribution >= 4 is 22.7 Å². The molecule has 3 aromatic rings. The van der Waals surface area contributed by atoms with Crippen LogP contribution in [0.2, 0.25) is 0 Å². The number of hydrogen-bond donors (Lipinski definition) is 2. The first-order valence-corrected chi connectivity index (χ1v) is 13.4. The van der Waals surface area contributed by atoms with E-state index in [-0.39, 0.29) is 29.4 Å². The molecule has 7 heteroatoms. The molecule has 0 radical (unpaired) electrons. The Bertz CT molecular complexity index is 1380. The number of amides is 2. The predicted octanol–water partition coefficient (Wildman–Crippen LogP) is 4.85. The van der Waals surface area contributed by atoms with Gasteiger partial charge in [-0.15, -0.1) is 6.58 Å². The summed E-state index contributed by atoms with van der Waals surface area (Å²) < 4.78 is 5.52. The number of imide groups is 1. The summed E-state index contributed by atoms with van der Waals surface area (Å²) in [5, 5.41) is 11.4. The molecule has 0 spiro atoms. The fourth-order valence-electron chi connectivity index (χ4n) is 6.61. The van der Waals surface area contributed by atoms with Gasteiger partial charge in [0.15, 0.2) is 0 Å². The molecule has 1 aromatic heterocycles. The lowest BCUT2D eigenvalue weighted by Crippen LogP contribution is -2.51. The third kappa shape index (κ3) is 4.49. The molecule has 1 unspecified atom stereocenters. The van der Waals surface area contributed by atoms with E-state index < -0.39 is 5.41 Å². The molecular weight excluding hydrogens is 478 g/mol. The number of hydrogen-bond acceptors (Lipinski definition) is 5. The number of nitrogens with zero attached hydrogens (tertiary/aromatic N) is 2. The molecule has 5 rings (SSSR count). The van der Waals surface area contributed by atoms with E-state index in [0.717, 1.165) is 46.6 Å². The Balaban J connectivity index is 1.59. The fourth-order valence-corrected chi connectivity index (χ4v) is 6.61. The third-order valence-electron chi connectivity index (χ3n) is 8.52. The van der Waals surface area contributed by atoms with E-state index in [1.54, 1.807) is 19.2 Å². The number of rotatable bonds is 8. The van der Waals surface area contributed by atoms with Crippen molar-refractivity contribution in [2.45, 2.75) is 38.5 Å². The summed E-state index contributed by atoms with van der Waals surface area (Å²) in [6.45, 7) is 7.77. The zero-order chi connectivity index (χ0) is 27.0. The number of carbonyl (C=O) groups excluding carboxylic acids is 2. The summed E-state index contributed by atoms with van der Waals surface area (Å²) in [7, 11) is 3.66. The van der Waals surface area contributed by atoms with Crippen LogP contribution >= 0.6 is 0 Å². The highest BCUT2D eigenvalue weighted by Crippen LogP contribution is 2.55. The number of ether oxygens (including phenoxy) is 1. The van der Waals surface area contributed by atoms with Gasteiger partial charge in [-0.3, -0.25) is 14.5 Å². The van der Waals surface area contributed by atoms with Gasteiger partial charge in [0.25, 0.3) is 0 Å². The van der Waals surface area contributed by atoms with Crippen LogP contribution < -0.4 is 4.74 Å². The Hall–Kier alpha value is -3.58. The van der Waals surface area contributed by atoms with Gasteiger partial charge < -0.3 is 19.7 Å². The Morgan fingerprint density at radius 3 is 2.82 bits per heavy atom. The van der Waals surface area contributed by atoms with Crippen LogP contribution in [0.4, 0.5) is 0 Å². The number of likely N-dealkylation sites (N-methyl/N-ethyl adjacent to an activating group) is 1. The molecular formula is C31H37N3O4. The molecule has 1 aliphatic carbocycles. The minimum Gasteiger partial charge on any atom is -0.508 e. The predicted molar refractivity (Wildman–Crippen MR) is 148 cm³/mol. The smallest absolute Gasteiger partial charge is 0.235 e. The molecule has 2 heterocycles. The van der Waals surface area contributed by atoms with E-state index in [2.05, 4.69) is 16.5 Å². The van der Waals surface area contributed by atoms with Crippen molar-refractivity contribution in [2.24, 2.45) is 11.3 Å². The number of phenols is 1. The highest BCUT2D eigenvalue weighted by Gasteiger charge is 2.54. The van der Waals surface area contributed by atoms with E-state index in [1.807, 2.05) is 50.4 Å². The number of nitrogens with one attached hydrogen (secondary N) is 1. The number of aromatic nitrogens is 1. The quantitative estimate of drug-likeness (QED) is 0.331. The van der Waals surface area contributed by atoms with Crippen molar-refractivity contribution < 1.29 is 19.4 Å². The van der Waals surface area contributed by atoms with Crippen LogP contribution in [0.3, 0.4) is 0 Å². The summed E-state index contributed by atoms with van der Waals surface area (Å²) in [6.07, 6.45) is 4.04. The number of aromatic amines is 1. The van der Waals surface area contributed by atoms with Gasteiger partial charge in [0, 0.05) is 42.0 Å². The topological polar surface area (TPSA) is 85.9 Å². The largest absolute Gasteiger partial charge is 0.508 e. The van der Waals surface area contributed by atoms with Gasteiger partial charge in [0.05, 0.1) is 12.5 Å². The van der Waals surface area contributed by atoms with Crippen LogP contribution in [0.5, 0.6) is 11.5 Å². The molecule has 38 heavy (non-hydrogen) atoms. The van der Waals surface area contributed by atoms with Crippen molar-refractivity contribution in [1.29, 1.82) is 0 Å². The SMILES string of the molecule is C=CCN(C)CCCN1C(=O)CCC2[C@H](c3cccc(O)c3)c3[nH]c4ccc(OC)cc4c3C[C@@]2(C)C1=O. The average molecular weight is 516 g/mol. The molecule has 1 aliphatic heterocycles. The van der Waals surface area contributed by atoms with Crippen LogP contribution in [0, 0.1) is 11.3 Å². The summed E-state index contributed by atoms with van der Waals surface area (Å²) >= 11 is 0. The maximum atomic E-state index is 14.3. The lowest BCUT2D eigenvalue weighted by atomic mass is 9.59. The number of carbonyl (C=O) groups is 2. The molecule has 3 atom stereocenters. The Morgan fingerprint density at radius 2 is 2.08 bits per heavy atom. The molecule has 1 fully saturated rings. The number of phenolic OH excluding ortho intramolecular Hbond substituents is 1. The molecule has 2 aromatic carbocycles. The van der Waals surface area contributed by atoms with Gasteiger partial charge in [0.2, 0.25) is 11.8 Å². The van der Waals surface area contributed by atoms with Gasteiger partial charge in [-0.25, -0.2) is 0 Å². The zero-order valence-corrected chi connectivity index (χ0v) is 22.5. The van der Waals surface area contributed by atoms with E-state index in [1.165, 1.54) is 4.90 Å². The van der Waals surface area contributed by atoms with E-state index in [0.29, 0.717) is 32.2 Å². The number of H-pyrrole nitrogens is 1. The Morgan fingerprint density at radius 1 is 1.26 bits per heavy atom. The molecule has 0 saturated carbocycles. The van der Waals surface area contributed by atoms with Crippen LogP contribution in [-0.4, -0.2) is 65.5 Å². The van der Waals surface area contributed by atoms with Gasteiger partial charge in [0.1, 0.15) is 11.5 Å². The van der Waals surface area contributed by atoms with Crippen molar-refractivity contribution in [1.82, 2.24) is 14.8 Å². The second kappa shape index (κ2) is 10.3. The fraction of sp³-hybridized carbons (Fsp3) is 0.419. The van der Waals surface area contributed by atoms with E-state index >= 15 is 0 Å². The summed E-state index contributed by atoms with van der Waals surface area (Å²) in [5.74, 6) is 0.496. The zero-order valence-electron chi connectivity index (χ0n) is 22.5. The second-order valence-electron chi connectivity index (χ2n) is 11.0. The van der Waals surface area contributed by atoms with Crippen LogP contribution in [-0.2, 0) is 16.0 Å². The van der Waals surface area contributed by atoms with Crippen molar-refractivity contribution in [2.75, 3.05) is 33.8 Å². The highest BCUT2D eigenvalue weighted by molar-refractivity contribution is 6.00. The van der Waals surface area contributed by atoms with E-state index in [4.69, 9.17) is 4.74 Å². The van der Waals surface area contributed by atoms with Crippen molar-refractivity contribution in [3.63, 3.8) is 0 Å². The molecule has 0 bridgehead atoms. The maximum absolute atomic E-state index is 14.3. The first-order chi connectivity index (χ1) is 18.3. The molecule has 2 N–H and O–H groups in total. The number of likely N-dealkylation sites (tertiary alicyclic amines) is 1. The average Bonchev–Trinajstić information content (AvgIpc) is 3.21. The second-order valence-corrected chi connectivity index (χ2v) is 11.0. The minimum atomic E-state index is -0.777. The highest BCUT2D eigenvalue weighted by atomic mass is 16.5. The number of methoxy groups -OCH3 is 1. The van der Waals surface area contributed by atoms with Crippen LogP contribution in [0.15, 0.2) is 55.1 Å². The number of fused-ring (bicyclic) bond motifs is 4. The summed E-state index contributed by atoms with van der Waals surface area (Å²) in [5.41, 5.74) is 3.30. The molecule has 200 valence electrons. The van der Waals surface area contributed by atoms with E-state index in [9.17, 15) is 14.7 Å². The molecule has 2 amide bonds. The van der Waals surface area contributed by atoms with Gasteiger partial charge in [-0.2, -0.15) is 0 Å². The van der Waals surface area contributed by atoms with Crippen molar-refractivity contribution in [3.05, 3.63) is 71.9 Å². The first-order valence-electron chi connectivity index (χ1n) is 13.4. The Kier molecular flexibility index (Phi) is 7.05. The minimum absolute atomic E-state index is 0.0931. The standard InChI is InChI=1S/C31H37N3O4/c1-5-14-33(3)15-7-16-34-27(36)13-11-25-28(20-8-6-9-21(35)17-20)29-24(19-31(25,2)30(34)37)23-18-22(38-4)10-12-26(23)32-29/h5-6,8-10,12,17-18,25,28,32,35H,1,7,11,13-16,19H2,2-4H3/t25?,28-,31+/m0/s1. The summed E-state index contributed by atoms with van der Waals surface area (Å²) in [6, 6.07) is 13.3. The Labute approximate surface area is 224 Å². The first kappa shape index (κ1) is 26.0. The molecule has 7 nitrogen and oxygen atoms in total. The maximum Gasteiger partial charge on any atom is 0.235 e. The monoisotopic (exact) mass is 515 g/mol. The third-order valence-corrected chi connectivity index (χ3v) is 8.52.